The van der Waals surface area contributed by atoms with Crippen molar-refractivity contribution in [1.29, 1.82) is 0 Å². The predicted octanol–water partition coefficient (Wildman–Crippen LogP) is 2.34. The Morgan fingerprint density at radius 1 is 1.03 bits per heavy atom. The first kappa shape index (κ1) is 26.2. The highest BCUT2D eigenvalue weighted by Gasteiger charge is 2.19. The molecular formula is C25H26ClN7O3. The van der Waals surface area contributed by atoms with Crippen LogP contribution in [0.1, 0.15) is 18.1 Å². The summed E-state index contributed by atoms with van der Waals surface area (Å²) in [6.07, 6.45) is 0.725. The number of benzene rings is 3. The number of halogens is 1. The highest BCUT2D eigenvalue weighted by Crippen LogP contribution is 2.31. The zero-order chi connectivity index (χ0) is 26.1. The van der Waals surface area contributed by atoms with Crippen molar-refractivity contribution in [2.24, 2.45) is 16.8 Å². The molecule has 0 bridgehead atoms. The van der Waals surface area contributed by atoms with Gasteiger partial charge in [0.25, 0.3) is 0 Å². The van der Waals surface area contributed by atoms with E-state index in [0.29, 0.717) is 28.4 Å². The van der Waals surface area contributed by atoms with E-state index in [0.717, 1.165) is 16.7 Å². The van der Waals surface area contributed by atoms with Crippen molar-refractivity contribution in [3.05, 3.63) is 82.9 Å². The predicted molar refractivity (Wildman–Crippen MR) is 141 cm³/mol. The normalized spacial score (nSPS) is 11.8. The largest absolute Gasteiger partial charge is 0.347 e. The van der Waals surface area contributed by atoms with Gasteiger partial charge in [-0.1, -0.05) is 35.9 Å². The minimum atomic E-state index is -0.828. The van der Waals surface area contributed by atoms with Crippen LogP contribution in [0, 0.1) is 0 Å². The Hall–Kier alpha value is -4.41. The molecule has 0 heterocycles. The molecule has 0 radical (unpaired) electrons. The molecule has 0 unspecified atom stereocenters. The Kier molecular flexibility index (Phi) is 8.98. The summed E-state index contributed by atoms with van der Waals surface area (Å²) >= 11 is 6.40. The maximum absolute atomic E-state index is 12.9. The van der Waals surface area contributed by atoms with E-state index in [2.05, 4.69) is 26.5 Å². The number of amides is 3. The topological polar surface area (TPSA) is 164 Å². The average molecular weight is 508 g/mol. The summed E-state index contributed by atoms with van der Waals surface area (Å²) in [6.45, 7) is 1.43. The molecule has 0 spiro atoms. The van der Waals surface area contributed by atoms with Crippen molar-refractivity contribution in [3.8, 4) is 11.1 Å². The molecular weight excluding hydrogens is 482 g/mol. The van der Waals surface area contributed by atoms with Gasteiger partial charge in [0.05, 0.1) is 0 Å². The molecule has 11 heteroatoms. The molecule has 0 aromatic heterocycles. The first-order valence-corrected chi connectivity index (χ1v) is 11.2. The molecule has 8 N–H and O–H groups in total. The Morgan fingerprint density at radius 2 is 1.75 bits per heavy atom. The number of carbonyl (C=O) groups is 3. The van der Waals surface area contributed by atoms with Crippen LogP contribution in [0.15, 0.2) is 71.8 Å². The summed E-state index contributed by atoms with van der Waals surface area (Å²) in [7, 11) is 0. The molecule has 3 aromatic rings. The molecule has 0 aliphatic rings. The molecule has 3 rings (SSSR count). The Labute approximate surface area is 213 Å². The van der Waals surface area contributed by atoms with E-state index in [4.69, 9.17) is 23.3 Å². The Morgan fingerprint density at radius 3 is 2.39 bits per heavy atom. The maximum Gasteiger partial charge on any atom is 0.247 e. The van der Waals surface area contributed by atoms with Crippen LogP contribution in [0.4, 0.5) is 11.4 Å². The summed E-state index contributed by atoms with van der Waals surface area (Å²) in [4.78, 5) is 35.6. The molecule has 186 valence electrons. The number of nitrogens with one attached hydrogen (secondary N) is 4. The van der Waals surface area contributed by atoms with Gasteiger partial charge in [0.2, 0.25) is 18.2 Å². The summed E-state index contributed by atoms with van der Waals surface area (Å²) < 4.78 is 0. The fourth-order valence-corrected chi connectivity index (χ4v) is 3.80. The monoisotopic (exact) mass is 507 g/mol. The van der Waals surface area contributed by atoms with Gasteiger partial charge >= 0.3 is 0 Å². The van der Waals surface area contributed by atoms with Crippen LogP contribution in [0.5, 0.6) is 0 Å². The lowest BCUT2D eigenvalue weighted by molar-refractivity contribution is -0.121. The van der Waals surface area contributed by atoms with E-state index in [-0.39, 0.29) is 18.2 Å². The molecule has 36 heavy (non-hydrogen) atoms. The summed E-state index contributed by atoms with van der Waals surface area (Å²) in [5.41, 5.74) is 6.48. The van der Waals surface area contributed by atoms with Crippen molar-refractivity contribution < 1.29 is 14.4 Å². The van der Waals surface area contributed by atoms with Gasteiger partial charge < -0.3 is 27.2 Å². The van der Waals surface area contributed by atoms with Crippen molar-refractivity contribution in [2.45, 2.75) is 19.4 Å². The third-order valence-electron chi connectivity index (χ3n) is 5.24. The number of nitrogens with zero attached hydrogens (tertiary/aromatic N) is 1. The van der Waals surface area contributed by atoms with Crippen LogP contribution in [-0.2, 0) is 20.8 Å². The third-order valence-corrected chi connectivity index (χ3v) is 5.57. The van der Waals surface area contributed by atoms with Crippen LogP contribution < -0.4 is 33.1 Å². The van der Waals surface area contributed by atoms with Crippen molar-refractivity contribution in [3.63, 3.8) is 0 Å². The minimum Gasteiger partial charge on any atom is -0.347 e. The highest BCUT2D eigenvalue weighted by molar-refractivity contribution is 6.33. The van der Waals surface area contributed by atoms with Gasteiger partial charge in [-0.25, -0.2) is 5.84 Å². The molecule has 0 saturated heterocycles. The third kappa shape index (κ3) is 6.81. The highest BCUT2D eigenvalue weighted by atomic mass is 35.5. The summed E-state index contributed by atoms with van der Waals surface area (Å²) in [5.74, 6) is 10.3. The summed E-state index contributed by atoms with van der Waals surface area (Å²) in [5, 5.41) is 12.1. The molecule has 3 amide bonds. The molecule has 0 fully saturated rings. The van der Waals surface area contributed by atoms with Crippen molar-refractivity contribution in [1.82, 2.24) is 10.7 Å². The van der Waals surface area contributed by atoms with Crippen LogP contribution in [0.2, 0.25) is 5.02 Å². The number of nitrogens with two attached hydrogens (primary N) is 2. The number of amidine groups is 1. The number of rotatable bonds is 9. The first-order valence-electron chi connectivity index (χ1n) is 10.9. The number of hydrogen-bond acceptors (Lipinski definition) is 6. The van der Waals surface area contributed by atoms with Gasteiger partial charge in [-0.15, -0.1) is 0 Å². The first-order chi connectivity index (χ1) is 17.3. The van der Waals surface area contributed by atoms with Gasteiger partial charge in [0, 0.05) is 40.9 Å². The van der Waals surface area contributed by atoms with Gasteiger partial charge in [-0.2, -0.15) is 5.10 Å². The molecule has 3 aromatic carbocycles. The van der Waals surface area contributed by atoms with E-state index in [9.17, 15) is 14.4 Å². The lowest BCUT2D eigenvalue weighted by Crippen LogP contribution is -2.41. The zero-order valence-corrected chi connectivity index (χ0v) is 20.2. The van der Waals surface area contributed by atoms with Crippen molar-refractivity contribution >= 4 is 47.0 Å². The number of carbonyl (C=O) groups excluding carboxylic acids is 3. The SMILES string of the molecule is CC(=O)Nc1ccc(Cl)c(-c2cccc(C[C@H](NC=O)C(=O)Nc3ccc(C(=NN)NN)cc3)c2)c1. The number of anilines is 2. The van der Waals surface area contributed by atoms with Crippen LogP contribution in [0.25, 0.3) is 11.1 Å². The number of hydrogen-bond donors (Lipinski definition) is 6. The van der Waals surface area contributed by atoms with Crippen molar-refractivity contribution in [2.75, 3.05) is 10.6 Å². The number of hydrazine groups is 1. The fourth-order valence-electron chi connectivity index (χ4n) is 3.57. The van der Waals surface area contributed by atoms with Crippen LogP contribution in [-0.4, -0.2) is 30.1 Å². The van der Waals surface area contributed by atoms with Gasteiger partial charge in [0.1, 0.15) is 6.04 Å². The second kappa shape index (κ2) is 12.3. The van der Waals surface area contributed by atoms with Crippen LogP contribution >= 0.6 is 11.6 Å². The van der Waals surface area contributed by atoms with Gasteiger partial charge in [-0.05, 0) is 53.6 Å². The van der Waals surface area contributed by atoms with Crippen LogP contribution in [0.3, 0.4) is 0 Å². The molecule has 0 aliphatic carbocycles. The van der Waals surface area contributed by atoms with E-state index in [1.54, 1.807) is 42.5 Å². The molecule has 0 aliphatic heterocycles. The van der Waals surface area contributed by atoms with E-state index in [1.165, 1.54) is 6.92 Å². The average Bonchev–Trinajstić information content (AvgIpc) is 2.86. The maximum atomic E-state index is 12.9. The molecule has 1 atom stereocenters. The second-order valence-electron chi connectivity index (χ2n) is 7.81. The van der Waals surface area contributed by atoms with Gasteiger partial charge in [-0.3, -0.25) is 14.4 Å². The van der Waals surface area contributed by atoms with E-state index >= 15 is 0 Å². The Balaban J connectivity index is 1.78. The van der Waals surface area contributed by atoms with E-state index in [1.807, 2.05) is 24.3 Å². The quantitative estimate of drug-likeness (QED) is 0.0855. The zero-order valence-electron chi connectivity index (χ0n) is 19.4. The summed E-state index contributed by atoms with van der Waals surface area (Å²) in [6, 6.07) is 18.5. The number of hydrazone groups is 1. The smallest absolute Gasteiger partial charge is 0.247 e. The van der Waals surface area contributed by atoms with Gasteiger partial charge in [0.15, 0.2) is 5.84 Å². The fraction of sp³-hybridized carbons (Fsp3) is 0.120. The second-order valence-corrected chi connectivity index (χ2v) is 8.21. The molecule has 0 saturated carbocycles. The minimum absolute atomic E-state index is 0.190. The lowest BCUT2D eigenvalue weighted by Gasteiger charge is -2.17. The lowest BCUT2D eigenvalue weighted by atomic mass is 9.98. The standard InChI is InChI=1S/C25H26ClN7O3/c1-15(35)30-20-9-10-22(26)21(13-20)18-4-2-3-16(11-18)12-23(29-14-34)25(36)31-19-7-5-17(6-8-19)24(32-27)33-28/h2-11,13-14,23H,12,27-28H2,1H3,(H,29,34)(H,30,35)(H,31,36)(H,32,33)/t23-/m0/s1. The van der Waals surface area contributed by atoms with E-state index < -0.39 is 11.9 Å². The Bertz CT molecular complexity index is 1280. The molecule has 10 nitrogen and oxygen atoms in total.